The summed E-state index contributed by atoms with van der Waals surface area (Å²) in [7, 11) is 3.03. The van der Waals surface area contributed by atoms with Gasteiger partial charge in [-0.3, -0.25) is 9.36 Å². The molecule has 1 atom stereocenters. The number of ether oxygens (including phenoxy) is 2. The van der Waals surface area contributed by atoms with Crippen molar-refractivity contribution in [3.05, 3.63) is 76.4 Å². The van der Waals surface area contributed by atoms with Crippen LogP contribution in [0.25, 0.3) is 6.08 Å². The lowest BCUT2D eigenvalue weighted by Crippen LogP contribution is -2.39. The number of rotatable bonds is 6. The van der Waals surface area contributed by atoms with Crippen LogP contribution in [0.2, 0.25) is 0 Å². The van der Waals surface area contributed by atoms with E-state index in [1.807, 2.05) is 37.4 Å². The van der Waals surface area contributed by atoms with E-state index in [-0.39, 0.29) is 5.56 Å². The van der Waals surface area contributed by atoms with Crippen molar-refractivity contribution in [1.82, 2.24) is 9.13 Å². The minimum absolute atomic E-state index is 0.164. The first-order chi connectivity index (χ1) is 15.4. The summed E-state index contributed by atoms with van der Waals surface area (Å²) < 4.78 is 14.6. The number of methoxy groups -OCH3 is 2. The second-order valence-electron chi connectivity index (χ2n) is 7.56. The van der Waals surface area contributed by atoms with Gasteiger partial charge in [0.15, 0.2) is 4.80 Å². The molecule has 4 rings (SSSR count). The molecule has 1 aliphatic heterocycles. The van der Waals surface area contributed by atoms with Crippen LogP contribution in [0.4, 0.5) is 0 Å². The summed E-state index contributed by atoms with van der Waals surface area (Å²) in [5.74, 6) is -0.472. The van der Waals surface area contributed by atoms with Gasteiger partial charge in [-0.05, 0) is 49.9 Å². The molecule has 0 aliphatic carbocycles. The Morgan fingerprint density at radius 3 is 2.72 bits per heavy atom. The molecular weight excluding hydrogens is 446 g/mol. The topological polar surface area (TPSA) is 74.8 Å². The molecule has 3 aromatic heterocycles. The fraction of sp³-hybridized carbons (Fsp3) is 0.348. The molecule has 0 aromatic carbocycles. The highest BCUT2D eigenvalue weighted by Gasteiger charge is 2.33. The maximum atomic E-state index is 13.5. The lowest BCUT2D eigenvalue weighted by atomic mass is 10.0. The number of carbonyl (C=O) groups is 1. The van der Waals surface area contributed by atoms with Gasteiger partial charge in [0.25, 0.3) is 5.56 Å². The molecule has 32 heavy (non-hydrogen) atoms. The molecule has 168 valence electrons. The van der Waals surface area contributed by atoms with Crippen LogP contribution in [-0.2, 0) is 20.8 Å². The summed E-state index contributed by atoms with van der Waals surface area (Å²) in [5.41, 5.74) is 3.97. The summed E-state index contributed by atoms with van der Waals surface area (Å²) in [6.07, 6.45) is 1.91. The van der Waals surface area contributed by atoms with Gasteiger partial charge in [-0.2, -0.15) is 0 Å². The van der Waals surface area contributed by atoms with Gasteiger partial charge in [-0.1, -0.05) is 17.4 Å². The zero-order valence-electron chi connectivity index (χ0n) is 18.7. The minimum atomic E-state index is -0.546. The minimum Gasteiger partial charge on any atom is -0.466 e. The van der Waals surface area contributed by atoms with Crippen molar-refractivity contribution in [2.45, 2.75) is 33.4 Å². The SMILES string of the molecule is COCCn1c(C)cc(/C=c2\sc3n(c2=O)[C@H](c2cccs2)C(C(=O)OC)=C(C)N=3)c1C. The third-order valence-corrected chi connectivity index (χ3v) is 7.57. The van der Waals surface area contributed by atoms with Crippen molar-refractivity contribution in [3.8, 4) is 0 Å². The van der Waals surface area contributed by atoms with Crippen molar-refractivity contribution in [2.24, 2.45) is 4.99 Å². The second kappa shape index (κ2) is 9.01. The van der Waals surface area contributed by atoms with Crippen LogP contribution in [-0.4, -0.2) is 35.9 Å². The molecule has 4 heterocycles. The number of allylic oxidation sites excluding steroid dienone is 1. The van der Waals surface area contributed by atoms with Gasteiger partial charge >= 0.3 is 5.97 Å². The Labute approximate surface area is 193 Å². The molecule has 0 amide bonds. The Morgan fingerprint density at radius 2 is 2.06 bits per heavy atom. The third kappa shape index (κ3) is 3.80. The number of aromatic nitrogens is 2. The van der Waals surface area contributed by atoms with Crippen molar-refractivity contribution in [2.75, 3.05) is 20.8 Å². The highest BCUT2D eigenvalue weighted by molar-refractivity contribution is 7.10. The van der Waals surface area contributed by atoms with Gasteiger partial charge in [-0.25, -0.2) is 9.79 Å². The van der Waals surface area contributed by atoms with E-state index < -0.39 is 12.0 Å². The monoisotopic (exact) mass is 471 g/mol. The number of esters is 1. The first-order valence-corrected chi connectivity index (χ1v) is 11.9. The van der Waals surface area contributed by atoms with E-state index in [0.29, 0.717) is 27.2 Å². The van der Waals surface area contributed by atoms with E-state index in [0.717, 1.165) is 28.4 Å². The zero-order chi connectivity index (χ0) is 23.0. The standard InChI is InChI=1S/C23H25N3O4S2/c1-13-11-16(15(3)25(13)8-9-29-4)12-18-21(27)26-20(17-7-6-10-31-17)19(22(28)30-5)14(2)24-23(26)32-18/h6-7,10-12,20H,8-9H2,1-5H3/b18-12-/t20-/m1/s1. The van der Waals surface area contributed by atoms with E-state index in [2.05, 4.69) is 15.6 Å². The van der Waals surface area contributed by atoms with E-state index in [1.54, 1.807) is 18.6 Å². The van der Waals surface area contributed by atoms with Crippen LogP contribution in [0.1, 0.15) is 34.8 Å². The number of carbonyl (C=O) groups excluding carboxylic acids is 1. The third-order valence-electron chi connectivity index (χ3n) is 5.66. The number of thiophene rings is 1. The molecule has 0 bridgehead atoms. The lowest BCUT2D eigenvalue weighted by molar-refractivity contribution is -0.136. The maximum absolute atomic E-state index is 13.5. The number of aryl methyl sites for hydroxylation is 1. The number of nitrogens with zero attached hydrogens (tertiary/aromatic N) is 3. The molecule has 0 saturated carbocycles. The maximum Gasteiger partial charge on any atom is 0.338 e. The van der Waals surface area contributed by atoms with Crippen molar-refractivity contribution >= 4 is 34.7 Å². The van der Waals surface area contributed by atoms with Crippen molar-refractivity contribution < 1.29 is 14.3 Å². The summed E-state index contributed by atoms with van der Waals surface area (Å²) >= 11 is 2.84. The van der Waals surface area contributed by atoms with Gasteiger partial charge in [0.2, 0.25) is 0 Å². The molecule has 0 saturated heterocycles. The van der Waals surface area contributed by atoms with Gasteiger partial charge in [0.05, 0.1) is 29.5 Å². The van der Waals surface area contributed by atoms with Crippen LogP contribution in [0.5, 0.6) is 0 Å². The van der Waals surface area contributed by atoms with E-state index >= 15 is 0 Å². The van der Waals surface area contributed by atoms with Gasteiger partial charge in [-0.15, -0.1) is 11.3 Å². The van der Waals surface area contributed by atoms with Crippen molar-refractivity contribution in [3.63, 3.8) is 0 Å². The predicted molar refractivity (Wildman–Crippen MR) is 126 cm³/mol. The quantitative estimate of drug-likeness (QED) is 0.518. The molecule has 1 aliphatic rings. The molecule has 0 N–H and O–H groups in total. The van der Waals surface area contributed by atoms with E-state index in [9.17, 15) is 9.59 Å². The summed E-state index contributed by atoms with van der Waals surface area (Å²) in [6.45, 7) is 7.25. The summed E-state index contributed by atoms with van der Waals surface area (Å²) in [4.78, 5) is 32.2. The molecule has 3 aromatic rings. The molecule has 7 nitrogen and oxygen atoms in total. The normalized spacial score (nSPS) is 16.3. The summed E-state index contributed by atoms with van der Waals surface area (Å²) in [6, 6.07) is 5.37. The Hall–Kier alpha value is -2.75. The van der Waals surface area contributed by atoms with E-state index in [4.69, 9.17) is 9.47 Å². The molecule has 0 unspecified atom stereocenters. The van der Waals surface area contributed by atoms with Crippen LogP contribution in [0, 0.1) is 13.8 Å². The Morgan fingerprint density at radius 1 is 1.28 bits per heavy atom. The number of fused-ring (bicyclic) bond motifs is 1. The number of hydrogen-bond acceptors (Lipinski definition) is 7. The second-order valence-corrected chi connectivity index (χ2v) is 9.55. The van der Waals surface area contributed by atoms with Crippen LogP contribution in [0.15, 0.2) is 44.6 Å². The van der Waals surface area contributed by atoms with Crippen LogP contribution in [0.3, 0.4) is 0 Å². The smallest absolute Gasteiger partial charge is 0.338 e. The molecule has 0 spiro atoms. The van der Waals surface area contributed by atoms with Gasteiger partial charge < -0.3 is 14.0 Å². The first-order valence-electron chi connectivity index (χ1n) is 10.2. The predicted octanol–water partition coefficient (Wildman–Crippen LogP) is 2.53. The molecule has 9 heteroatoms. The van der Waals surface area contributed by atoms with Crippen LogP contribution < -0.4 is 14.9 Å². The molecule has 0 fully saturated rings. The average molecular weight is 472 g/mol. The number of hydrogen-bond donors (Lipinski definition) is 0. The Bertz CT molecular complexity index is 1370. The largest absolute Gasteiger partial charge is 0.466 e. The molecule has 0 radical (unpaired) electrons. The highest BCUT2D eigenvalue weighted by Crippen LogP contribution is 2.33. The Balaban J connectivity index is 1.90. The summed E-state index contributed by atoms with van der Waals surface area (Å²) in [5, 5.41) is 1.93. The Kier molecular flexibility index (Phi) is 6.32. The molecular formula is C23H25N3O4S2. The lowest BCUT2D eigenvalue weighted by Gasteiger charge is -2.22. The zero-order valence-corrected chi connectivity index (χ0v) is 20.3. The first kappa shape index (κ1) is 22.4. The average Bonchev–Trinajstić information content (AvgIpc) is 3.46. The van der Waals surface area contributed by atoms with Gasteiger partial charge in [0, 0.05) is 29.9 Å². The fourth-order valence-corrected chi connectivity index (χ4v) is 5.91. The van der Waals surface area contributed by atoms with Crippen LogP contribution >= 0.6 is 22.7 Å². The highest BCUT2D eigenvalue weighted by atomic mass is 32.1. The van der Waals surface area contributed by atoms with Crippen molar-refractivity contribution in [1.29, 1.82) is 0 Å². The van der Waals surface area contributed by atoms with E-state index in [1.165, 1.54) is 29.8 Å². The number of thiazole rings is 1. The fourth-order valence-electron chi connectivity index (χ4n) is 4.05. The van der Waals surface area contributed by atoms with Gasteiger partial charge in [0.1, 0.15) is 6.04 Å².